The van der Waals surface area contributed by atoms with Crippen molar-refractivity contribution in [2.24, 2.45) is 5.84 Å². The highest BCUT2D eigenvalue weighted by molar-refractivity contribution is 5.62. The van der Waals surface area contributed by atoms with Gasteiger partial charge in [0.05, 0.1) is 5.69 Å². The molecule has 3 rings (SSSR count). The van der Waals surface area contributed by atoms with E-state index < -0.39 is 0 Å². The van der Waals surface area contributed by atoms with Crippen molar-refractivity contribution in [3.05, 3.63) is 42.2 Å². The van der Waals surface area contributed by atoms with Crippen LogP contribution in [0.4, 0.5) is 5.82 Å². The summed E-state index contributed by atoms with van der Waals surface area (Å²) < 4.78 is 0. The van der Waals surface area contributed by atoms with Crippen LogP contribution in [0.2, 0.25) is 0 Å². The minimum absolute atomic E-state index is 0.461. The lowest BCUT2D eigenvalue weighted by atomic mass is 9.99. The Kier molecular flexibility index (Phi) is 4.46. The predicted molar refractivity (Wildman–Crippen MR) is 85.7 cm³/mol. The highest BCUT2D eigenvalue weighted by Gasteiger charge is 2.18. The molecule has 4 heteroatoms. The summed E-state index contributed by atoms with van der Waals surface area (Å²) in [6.45, 7) is 0. The Morgan fingerprint density at radius 1 is 0.952 bits per heavy atom. The molecule has 0 radical (unpaired) electrons. The first kappa shape index (κ1) is 14.0. The van der Waals surface area contributed by atoms with Crippen LogP contribution >= 0.6 is 0 Å². The van der Waals surface area contributed by atoms with Crippen LogP contribution in [-0.2, 0) is 0 Å². The molecule has 0 saturated heterocycles. The fourth-order valence-corrected chi connectivity index (χ4v) is 3.02. The molecule has 0 atom stereocenters. The van der Waals surface area contributed by atoms with Crippen molar-refractivity contribution in [1.82, 2.24) is 9.97 Å². The summed E-state index contributed by atoms with van der Waals surface area (Å²) in [7, 11) is 0. The number of nitrogens with two attached hydrogens (primary N) is 1. The number of rotatable bonds is 3. The van der Waals surface area contributed by atoms with Gasteiger partial charge in [0, 0.05) is 17.5 Å². The van der Waals surface area contributed by atoms with Gasteiger partial charge < -0.3 is 5.43 Å². The summed E-state index contributed by atoms with van der Waals surface area (Å²) in [5.74, 6) is 7.68. The van der Waals surface area contributed by atoms with Gasteiger partial charge in [0.25, 0.3) is 0 Å². The average Bonchev–Trinajstić information content (AvgIpc) is 2.84. The number of hydrazine groups is 1. The van der Waals surface area contributed by atoms with E-state index in [4.69, 9.17) is 10.8 Å². The molecule has 0 aliphatic heterocycles. The summed E-state index contributed by atoms with van der Waals surface area (Å²) >= 11 is 0. The van der Waals surface area contributed by atoms with E-state index in [0.717, 1.165) is 17.1 Å². The van der Waals surface area contributed by atoms with Crippen molar-refractivity contribution in [1.29, 1.82) is 0 Å². The zero-order chi connectivity index (χ0) is 14.5. The van der Waals surface area contributed by atoms with Crippen LogP contribution in [0.5, 0.6) is 0 Å². The van der Waals surface area contributed by atoms with E-state index in [1.54, 1.807) is 0 Å². The van der Waals surface area contributed by atoms with Crippen LogP contribution in [-0.4, -0.2) is 9.97 Å². The number of hydrogen-bond donors (Lipinski definition) is 2. The third-order valence-electron chi connectivity index (χ3n) is 4.18. The Labute approximate surface area is 125 Å². The Morgan fingerprint density at radius 2 is 1.67 bits per heavy atom. The molecule has 3 N–H and O–H groups in total. The first-order valence-corrected chi connectivity index (χ1v) is 7.78. The number of nitrogens with one attached hydrogen (secondary N) is 1. The first-order valence-electron chi connectivity index (χ1n) is 7.78. The van der Waals surface area contributed by atoms with Crippen molar-refractivity contribution < 1.29 is 0 Å². The Bertz CT molecular complexity index is 575. The second kappa shape index (κ2) is 6.68. The molecule has 1 aliphatic carbocycles. The maximum Gasteiger partial charge on any atom is 0.144 e. The molecule has 1 fully saturated rings. The lowest BCUT2D eigenvalue weighted by molar-refractivity contribution is 0.561. The van der Waals surface area contributed by atoms with E-state index in [1.165, 1.54) is 38.5 Å². The zero-order valence-electron chi connectivity index (χ0n) is 12.3. The largest absolute Gasteiger partial charge is 0.308 e. The number of anilines is 1. The van der Waals surface area contributed by atoms with Crippen LogP contribution < -0.4 is 11.3 Å². The molecule has 1 saturated carbocycles. The maximum atomic E-state index is 5.59. The molecule has 0 spiro atoms. The topological polar surface area (TPSA) is 63.8 Å². The molecule has 1 aromatic heterocycles. The molecule has 0 unspecified atom stereocenters. The molecule has 2 aromatic rings. The van der Waals surface area contributed by atoms with Crippen molar-refractivity contribution in [2.45, 2.75) is 44.4 Å². The minimum atomic E-state index is 0.461. The summed E-state index contributed by atoms with van der Waals surface area (Å²) in [5, 5.41) is 0. The van der Waals surface area contributed by atoms with Gasteiger partial charge in [-0.2, -0.15) is 0 Å². The van der Waals surface area contributed by atoms with Gasteiger partial charge in [0.1, 0.15) is 11.6 Å². The van der Waals surface area contributed by atoms with Crippen LogP contribution in [0.1, 0.15) is 50.3 Å². The number of nitrogens with zero attached hydrogens (tertiary/aromatic N) is 2. The minimum Gasteiger partial charge on any atom is -0.308 e. The van der Waals surface area contributed by atoms with Gasteiger partial charge in [-0.05, 0) is 12.8 Å². The molecule has 1 aliphatic rings. The molecule has 21 heavy (non-hydrogen) atoms. The molecular formula is C17H22N4. The number of hydrogen-bond acceptors (Lipinski definition) is 4. The van der Waals surface area contributed by atoms with Crippen LogP contribution in [0.15, 0.2) is 36.4 Å². The number of benzene rings is 1. The smallest absolute Gasteiger partial charge is 0.144 e. The molecule has 0 amide bonds. The van der Waals surface area contributed by atoms with E-state index in [0.29, 0.717) is 11.7 Å². The van der Waals surface area contributed by atoms with Crippen molar-refractivity contribution in [2.75, 3.05) is 5.43 Å². The van der Waals surface area contributed by atoms with Gasteiger partial charge >= 0.3 is 0 Å². The lowest BCUT2D eigenvalue weighted by Gasteiger charge is -2.15. The third kappa shape index (κ3) is 3.39. The zero-order valence-corrected chi connectivity index (χ0v) is 12.3. The fourth-order valence-electron chi connectivity index (χ4n) is 3.02. The first-order chi connectivity index (χ1) is 10.4. The summed E-state index contributed by atoms with van der Waals surface area (Å²) in [6, 6.07) is 12.1. The van der Waals surface area contributed by atoms with E-state index in [2.05, 4.69) is 22.5 Å². The molecule has 0 bridgehead atoms. The van der Waals surface area contributed by atoms with Gasteiger partial charge in [-0.1, -0.05) is 56.0 Å². The highest BCUT2D eigenvalue weighted by atomic mass is 15.3. The molecular weight excluding hydrogens is 260 g/mol. The molecule has 1 aromatic carbocycles. The van der Waals surface area contributed by atoms with Crippen LogP contribution in [0.3, 0.4) is 0 Å². The van der Waals surface area contributed by atoms with Gasteiger partial charge in [0.15, 0.2) is 0 Å². The summed E-state index contributed by atoms with van der Waals surface area (Å²) in [6.07, 6.45) is 7.57. The van der Waals surface area contributed by atoms with E-state index in [-0.39, 0.29) is 0 Å². The normalized spacial score (nSPS) is 16.4. The monoisotopic (exact) mass is 282 g/mol. The average molecular weight is 282 g/mol. The predicted octanol–water partition coefficient (Wildman–Crippen LogP) is 3.87. The van der Waals surface area contributed by atoms with Gasteiger partial charge in [0.2, 0.25) is 0 Å². The van der Waals surface area contributed by atoms with Crippen LogP contribution in [0, 0.1) is 0 Å². The molecule has 1 heterocycles. The fraction of sp³-hybridized carbons (Fsp3) is 0.412. The van der Waals surface area contributed by atoms with E-state index in [9.17, 15) is 0 Å². The third-order valence-corrected chi connectivity index (χ3v) is 4.18. The SMILES string of the molecule is NNc1cc(-c2ccccc2)nc(C2CCCCCC2)n1. The quantitative estimate of drug-likeness (QED) is 0.509. The van der Waals surface area contributed by atoms with Gasteiger partial charge in [-0.3, -0.25) is 0 Å². The number of aromatic nitrogens is 2. The standard InChI is InChI=1S/C17H22N4/c18-21-16-12-15(13-8-6-3-7-9-13)19-17(20-16)14-10-4-1-2-5-11-14/h3,6-9,12,14H,1-2,4-5,10-11,18H2,(H,19,20,21). The van der Waals surface area contributed by atoms with Crippen LogP contribution in [0.25, 0.3) is 11.3 Å². The van der Waals surface area contributed by atoms with E-state index in [1.807, 2.05) is 24.3 Å². The second-order valence-electron chi connectivity index (χ2n) is 5.70. The Morgan fingerprint density at radius 3 is 2.33 bits per heavy atom. The number of nitrogen functional groups attached to an aromatic ring is 1. The highest BCUT2D eigenvalue weighted by Crippen LogP contribution is 2.31. The van der Waals surface area contributed by atoms with Crippen molar-refractivity contribution in [3.63, 3.8) is 0 Å². The summed E-state index contributed by atoms with van der Waals surface area (Å²) in [4.78, 5) is 9.41. The van der Waals surface area contributed by atoms with Gasteiger partial charge in [-0.25, -0.2) is 15.8 Å². The van der Waals surface area contributed by atoms with E-state index >= 15 is 0 Å². The van der Waals surface area contributed by atoms with Crippen molar-refractivity contribution in [3.8, 4) is 11.3 Å². The molecule has 4 nitrogen and oxygen atoms in total. The Balaban J connectivity index is 1.96. The summed E-state index contributed by atoms with van der Waals surface area (Å²) in [5.41, 5.74) is 4.73. The molecule has 110 valence electrons. The van der Waals surface area contributed by atoms with Crippen molar-refractivity contribution >= 4 is 5.82 Å². The lowest BCUT2D eigenvalue weighted by Crippen LogP contribution is -2.12. The second-order valence-corrected chi connectivity index (χ2v) is 5.70. The van der Waals surface area contributed by atoms with Gasteiger partial charge in [-0.15, -0.1) is 0 Å². The Hall–Kier alpha value is -1.94. The maximum absolute atomic E-state index is 5.59.